The molecular formula is C19H25NO5. The molecule has 136 valence electrons. The van der Waals surface area contributed by atoms with Gasteiger partial charge < -0.3 is 19.9 Å². The average molecular weight is 347 g/mol. The van der Waals surface area contributed by atoms with Crippen molar-refractivity contribution in [1.29, 1.82) is 0 Å². The number of hydrogen-bond acceptors (Lipinski definition) is 4. The molecule has 25 heavy (non-hydrogen) atoms. The molecule has 0 heterocycles. The van der Waals surface area contributed by atoms with Gasteiger partial charge >= 0.3 is 5.97 Å². The molecule has 1 aromatic rings. The highest BCUT2D eigenvalue weighted by atomic mass is 16.5. The number of carbonyl (C=O) groups excluding carboxylic acids is 1. The van der Waals surface area contributed by atoms with Gasteiger partial charge in [0.25, 0.3) is 0 Å². The van der Waals surface area contributed by atoms with Gasteiger partial charge in [-0.3, -0.25) is 9.59 Å². The minimum atomic E-state index is -0.708. The van der Waals surface area contributed by atoms with Crippen LogP contribution in [0.2, 0.25) is 0 Å². The summed E-state index contributed by atoms with van der Waals surface area (Å²) in [5.41, 5.74) is 0.842. The third-order valence-corrected chi connectivity index (χ3v) is 4.60. The predicted octanol–water partition coefficient (Wildman–Crippen LogP) is 2.72. The highest BCUT2D eigenvalue weighted by Gasteiger charge is 2.25. The van der Waals surface area contributed by atoms with E-state index in [0.29, 0.717) is 36.8 Å². The Hall–Kier alpha value is -2.50. The lowest BCUT2D eigenvalue weighted by atomic mass is 9.82. The van der Waals surface area contributed by atoms with E-state index in [9.17, 15) is 9.59 Å². The molecule has 0 spiro atoms. The highest BCUT2D eigenvalue weighted by Crippen LogP contribution is 2.29. The van der Waals surface area contributed by atoms with E-state index in [1.54, 1.807) is 32.4 Å². The molecule has 2 N–H and O–H groups in total. The quantitative estimate of drug-likeness (QED) is 0.741. The Morgan fingerprint density at radius 3 is 2.44 bits per heavy atom. The second-order valence-corrected chi connectivity index (χ2v) is 6.25. The maximum atomic E-state index is 12.0. The van der Waals surface area contributed by atoms with Crippen LogP contribution in [-0.2, 0) is 9.59 Å². The van der Waals surface area contributed by atoms with Gasteiger partial charge in [-0.25, -0.2) is 0 Å². The molecule has 0 aliphatic heterocycles. The zero-order chi connectivity index (χ0) is 18.2. The standard InChI is InChI=1S/C19H25NO5/c1-24-16-9-5-13(11-17(16)25-2)6-10-18(21)20-12-14-3-7-15(8-4-14)19(22)23/h5-6,9-11,14-15H,3-4,7-8,12H2,1-2H3,(H,20,21)(H,22,23)/t14-,15-. The molecule has 0 atom stereocenters. The number of carboxylic acid groups (broad SMARTS) is 1. The first kappa shape index (κ1) is 18.8. The number of aliphatic carboxylic acids is 1. The number of nitrogens with one attached hydrogen (secondary N) is 1. The lowest BCUT2D eigenvalue weighted by Crippen LogP contribution is -2.31. The number of carbonyl (C=O) groups is 2. The van der Waals surface area contributed by atoms with Crippen molar-refractivity contribution in [2.75, 3.05) is 20.8 Å². The van der Waals surface area contributed by atoms with Crippen LogP contribution in [0.15, 0.2) is 24.3 Å². The van der Waals surface area contributed by atoms with E-state index in [-0.39, 0.29) is 11.8 Å². The Morgan fingerprint density at radius 1 is 1.16 bits per heavy atom. The zero-order valence-corrected chi connectivity index (χ0v) is 14.7. The van der Waals surface area contributed by atoms with Crippen molar-refractivity contribution in [3.8, 4) is 11.5 Å². The summed E-state index contributed by atoms with van der Waals surface area (Å²) in [6, 6.07) is 5.44. The van der Waals surface area contributed by atoms with E-state index < -0.39 is 5.97 Å². The summed E-state index contributed by atoms with van der Waals surface area (Å²) in [6.45, 7) is 0.585. The lowest BCUT2D eigenvalue weighted by molar-refractivity contribution is -0.143. The molecule has 2 rings (SSSR count). The molecule has 0 radical (unpaired) electrons. The van der Waals surface area contributed by atoms with Crippen molar-refractivity contribution < 1.29 is 24.2 Å². The molecule has 1 amide bonds. The lowest BCUT2D eigenvalue weighted by Gasteiger charge is -2.25. The SMILES string of the molecule is COc1ccc(C=CC(=O)NC[C@H]2CC[C@H](C(=O)O)CC2)cc1OC. The van der Waals surface area contributed by atoms with Gasteiger partial charge in [0.2, 0.25) is 5.91 Å². The monoisotopic (exact) mass is 347 g/mol. The van der Waals surface area contributed by atoms with E-state index in [4.69, 9.17) is 14.6 Å². The van der Waals surface area contributed by atoms with Crippen LogP contribution in [0.25, 0.3) is 6.08 Å². The summed E-state index contributed by atoms with van der Waals surface area (Å²) >= 11 is 0. The van der Waals surface area contributed by atoms with Crippen LogP contribution in [0.1, 0.15) is 31.2 Å². The molecular weight excluding hydrogens is 322 g/mol. The van der Waals surface area contributed by atoms with Crippen molar-refractivity contribution in [3.05, 3.63) is 29.8 Å². The maximum Gasteiger partial charge on any atom is 0.306 e. The first-order chi connectivity index (χ1) is 12.0. The van der Waals surface area contributed by atoms with Gasteiger partial charge in [-0.05, 0) is 55.4 Å². The smallest absolute Gasteiger partial charge is 0.306 e. The Morgan fingerprint density at radius 2 is 1.84 bits per heavy atom. The summed E-state index contributed by atoms with van der Waals surface area (Å²) < 4.78 is 10.4. The van der Waals surface area contributed by atoms with E-state index >= 15 is 0 Å². The van der Waals surface area contributed by atoms with Crippen molar-refractivity contribution in [3.63, 3.8) is 0 Å². The van der Waals surface area contributed by atoms with Crippen LogP contribution < -0.4 is 14.8 Å². The van der Waals surface area contributed by atoms with Crippen LogP contribution in [0.3, 0.4) is 0 Å². The fourth-order valence-electron chi connectivity index (χ4n) is 3.05. The number of carboxylic acids is 1. The van der Waals surface area contributed by atoms with E-state index in [0.717, 1.165) is 18.4 Å². The van der Waals surface area contributed by atoms with Crippen molar-refractivity contribution in [2.24, 2.45) is 11.8 Å². The summed E-state index contributed by atoms with van der Waals surface area (Å²) in [4.78, 5) is 22.9. The highest BCUT2D eigenvalue weighted by molar-refractivity contribution is 5.91. The maximum absolute atomic E-state index is 12.0. The van der Waals surface area contributed by atoms with Crippen LogP contribution in [-0.4, -0.2) is 37.7 Å². The molecule has 1 aromatic carbocycles. The van der Waals surface area contributed by atoms with Gasteiger partial charge in [-0.2, -0.15) is 0 Å². The molecule has 1 aliphatic rings. The minimum absolute atomic E-state index is 0.157. The molecule has 6 nitrogen and oxygen atoms in total. The molecule has 1 saturated carbocycles. The number of rotatable bonds is 7. The fourth-order valence-corrected chi connectivity index (χ4v) is 3.05. The van der Waals surface area contributed by atoms with Crippen LogP contribution in [0.4, 0.5) is 0 Å². The number of hydrogen-bond donors (Lipinski definition) is 2. The molecule has 0 saturated heterocycles. The second-order valence-electron chi connectivity index (χ2n) is 6.25. The largest absolute Gasteiger partial charge is 0.493 e. The van der Waals surface area contributed by atoms with E-state index in [1.165, 1.54) is 6.08 Å². The van der Waals surface area contributed by atoms with Crippen LogP contribution in [0.5, 0.6) is 11.5 Å². The Bertz CT molecular complexity index is 633. The Kier molecular flexibility index (Phi) is 6.86. The molecule has 0 bridgehead atoms. The summed E-state index contributed by atoms with van der Waals surface area (Å²) in [5.74, 6) is 0.516. The van der Waals surface area contributed by atoms with Gasteiger partial charge in [0.05, 0.1) is 20.1 Å². The summed E-state index contributed by atoms with van der Waals surface area (Å²) in [7, 11) is 3.14. The topological polar surface area (TPSA) is 84.9 Å². The van der Waals surface area contributed by atoms with Gasteiger partial charge in [0.15, 0.2) is 11.5 Å². The fraction of sp³-hybridized carbons (Fsp3) is 0.474. The van der Waals surface area contributed by atoms with Crippen LogP contribution in [0, 0.1) is 11.8 Å². The Labute approximate surface area is 147 Å². The summed E-state index contributed by atoms with van der Waals surface area (Å²) in [6.07, 6.45) is 6.28. The average Bonchev–Trinajstić information content (AvgIpc) is 2.64. The normalized spacial score (nSPS) is 20.2. The van der Waals surface area contributed by atoms with E-state index in [1.807, 2.05) is 6.07 Å². The van der Waals surface area contributed by atoms with Crippen molar-refractivity contribution >= 4 is 18.0 Å². The first-order valence-corrected chi connectivity index (χ1v) is 8.44. The molecule has 6 heteroatoms. The number of ether oxygens (including phenoxy) is 2. The third kappa shape index (κ3) is 5.52. The van der Waals surface area contributed by atoms with Crippen LogP contribution >= 0.6 is 0 Å². The second kappa shape index (κ2) is 9.11. The first-order valence-electron chi connectivity index (χ1n) is 8.44. The molecule has 1 aliphatic carbocycles. The van der Waals surface area contributed by atoms with Gasteiger partial charge in [0.1, 0.15) is 0 Å². The van der Waals surface area contributed by atoms with Crippen molar-refractivity contribution in [1.82, 2.24) is 5.32 Å². The molecule has 0 unspecified atom stereocenters. The van der Waals surface area contributed by atoms with Gasteiger partial charge in [-0.1, -0.05) is 6.07 Å². The number of amides is 1. The third-order valence-electron chi connectivity index (χ3n) is 4.60. The minimum Gasteiger partial charge on any atom is -0.493 e. The Balaban J connectivity index is 1.80. The van der Waals surface area contributed by atoms with Crippen molar-refractivity contribution in [2.45, 2.75) is 25.7 Å². The molecule has 1 fully saturated rings. The number of methoxy groups -OCH3 is 2. The van der Waals surface area contributed by atoms with E-state index in [2.05, 4.69) is 5.32 Å². The zero-order valence-electron chi connectivity index (χ0n) is 14.7. The molecule has 0 aromatic heterocycles. The van der Waals surface area contributed by atoms with Gasteiger partial charge in [-0.15, -0.1) is 0 Å². The number of benzene rings is 1. The summed E-state index contributed by atoms with van der Waals surface area (Å²) in [5, 5.41) is 11.9. The predicted molar refractivity (Wildman–Crippen MR) is 94.7 cm³/mol. The van der Waals surface area contributed by atoms with Gasteiger partial charge in [0, 0.05) is 12.6 Å².